The Morgan fingerprint density at radius 3 is 2.68 bits per heavy atom. The van der Waals surface area contributed by atoms with Crippen LogP contribution in [0, 0.1) is 5.92 Å². The molecule has 3 saturated heterocycles. The molecule has 2 atom stereocenters. The van der Waals surface area contributed by atoms with Crippen molar-refractivity contribution in [3.05, 3.63) is 53.9 Å². The van der Waals surface area contributed by atoms with Gasteiger partial charge in [-0.25, -0.2) is 4.68 Å². The Hall–Kier alpha value is -2.28. The lowest BCUT2D eigenvalue weighted by molar-refractivity contribution is 0.0517. The molecule has 7 heteroatoms. The molecule has 0 N–H and O–H groups in total. The number of nitrogens with zero attached hydrogens (tertiary/aromatic N) is 4. The van der Waals surface area contributed by atoms with Gasteiger partial charge in [0.1, 0.15) is 0 Å². The first-order valence-corrected chi connectivity index (χ1v) is 10.0. The zero-order valence-electron chi connectivity index (χ0n) is 15.9. The first-order chi connectivity index (χ1) is 13.6. The number of hydrogen-bond donors (Lipinski definition) is 0. The van der Waals surface area contributed by atoms with Gasteiger partial charge in [-0.05, 0) is 49.8 Å². The Morgan fingerprint density at radius 1 is 1.11 bits per heavy atom. The second-order valence-corrected chi connectivity index (χ2v) is 7.86. The summed E-state index contributed by atoms with van der Waals surface area (Å²) in [7, 11) is 0. The SMILES string of the molecule is O=C(c1ccn(C(F)F)n1)N1C[C@H]2CC[C@@H]1CN(CCCc1ccccc1)C2. The average molecular weight is 388 g/mol. The van der Waals surface area contributed by atoms with Crippen molar-refractivity contribution in [2.75, 3.05) is 26.2 Å². The van der Waals surface area contributed by atoms with Crippen molar-refractivity contribution in [3.8, 4) is 0 Å². The van der Waals surface area contributed by atoms with Crippen LogP contribution in [-0.4, -0.2) is 57.7 Å². The molecule has 5 rings (SSSR count). The van der Waals surface area contributed by atoms with Crippen molar-refractivity contribution in [2.45, 2.75) is 38.3 Å². The Kier molecular flexibility index (Phi) is 5.71. The van der Waals surface area contributed by atoms with E-state index in [2.05, 4.69) is 34.3 Å². The molecule has 0 saturated carbocycles. The lowest BCUT2D eigenvalue weighted by Gasteiger charge is -2.35. The molecule has 2 aromatic rings. The number of benzene rings is 1. The topological polar surface area (TPSA) is 41.4 Å². The van der Waals surface area contributed by atoms with E-state index in [0.29, 0.717) is 17.1 Å². The number of fused-ring (bicyclic) bond motifs is 4. The highest BCUT2D eigenvalue weighted by Gasteiger charge is 2.37. The molecule has 1 aromatic heterocycles. The van der Waals surface area contributed by atoms with E-state index in [1.165, 1.54) is 17.8 Å². The van der Waals surface area contributed by atoms with Gasteiger partial charge in [0.25, 0.3) is 5.91 Å². The van der Waals surface area contributed by atoms with Crippen molar-refractivity contribution in [2.24, 2.45) is 5.92 Å². The third-order valence-corrected chi connectivity index (χ3v) is 5.86. The van der Waals surface area contributed by atoms with E-state index >= 15 is 0 Å². The fraction of sp³-hybridized carbons (Fsp3) is 0.524. The molecule has 3 aliphatic rings. The van der Waals surface area contributed by atoms with Crippen LogP contribution in [0.15, 0.2) is 42.6 Å². The smallest absolute Gasteiger partial charge is 0.333 e. The first kappa shape index (κ1) is 19.1. The number of hydrogen-bond acceptors (Lipinski definition) is 3. The van der Waals surface area contributed by atoms with E-state index in [1.54, 1.807) is 0 Å². The van der Waals surface area contributed by atoms with Gasteiger partial charge in [0.2, 0.25) is 0 Å². The van der Waals surface area contributed by atoms with E-state index in [0.717, 1.165) is 45.3 Å². The minimum Gasteiger partial charge on any atom is -0.333 e. The molecule has 1 amide bonds. The van der Waals surface area contributed by atoms with Crippen LogP contribution in [0.4, 0.5) is 8.78 Å². The third-order valence-electron chi connectivity index (χ3n) is 5.86. The van der Waals surface area contributed by atoms with Gasteiger partial charge in [-0.1, -0.05) is 30.3 Å². The number of alkyl halides is 2. The maximum atomic E-state index is 12.9. The molecule has 0 aliphatic carbocycles. The number of aromatic nitrogens is 2. The predicted octanol–water partition coefficient (Wildman–Crippen LogP) is 3.45. The summed E-state index contributed by atoms with van der Waals surface area (Å²) in [6.45, 7) is 0.847. The van der Waals surface area contributed by atoms with Crippen LogP contribution in [0.5, 0.6) is 0 Å². The average Bonchev–Trinajstić information content (AvgIpc) is 3.04. The molecule has 2 bridgehead atoms. The van der Waals surface area contributed by atoms with Crippen LogP contribution in [0.25, 0.3) is 0 Å². The fourth-order valence-corrected chi connectivity index (χ4v) is 4.47. The van der Waals surface area contributed by atoms with E-state index in [9.17, 15) is 13.6 Å². The fourth-order valence-electron chi connectivity index (χ4n) is 4.47. The van der Waals surface area contributed by atoms with Crippen LogP contribution in [0.1, 0.15) is 41.9 Å². The van der Waals surface area contributed by atoms with E-state index in [1.807, 2.05) is 11.0 Å². The maximum Gasteiger partial charge on any atom is 0.333 e. The predicted molar refractivity (Wildman–Crippen MR) is 102 cm³/mol. The van der Waals surface area contributed by atoms with Crippen LogP contribution < -0.4 is 0 Å². The van der Waals surface area contributed by atoms with Gasteiger partial charge < -0.3 is 9.80 Å². The molecule has 0 radical (unpaired) electrons. The van der Waals surface area contributed by atoms with Gasteiger partial charge >= 0.3 is 6.55 Å². The van der Waals surface area contributed by atoms with Crippen LogP contribution in [0.3, 0.4) is 0 Å². The molecule has 0 unspecified atom stereocenters. The van der Waals surface area contributed by atoms with Gasteiger partial charge in [-0.2, -0.15) is 13.9 Å². The van der Waals surface area contributed by atoms with Crippen molar-refractivity contribution >= 4 is 5.91 Å². The number of aryl methyl sites for hydroxylation is 1. The molecule has 3 aliphatic heterocycles. The second-order valence-electron chi connectivity index (χ2n) is 7.86. The highest BCUT2D eigenvalue weighted by atomic mass is 19.3. The number of rotatable bonds is 6. The standard InChI is InChI=1S/C21H26F2N4O/c22-21(23)27-12-10-19(24-27)20(28)26-14-17-8-9-18(26)15-25(13-17)11-4-7-16-5-2-1-3-6-16/h1-3,5-6,10,12,17-18,21H,4,7-9,11,13-15H2/t17-,18+/m0/s1. The summed E-state index contributed by atoms with van der Waals surface area (Å²) in [6.07, 6.45) is 5.41. The molecular weight excluding hydrogens is 362 g/mol. The monoisotopic (exact) mass is 388 g/mol. The zero-order chi connectivity index (χ0) is 19.5. The third kappa shape index (κ3) is 4.24. The van der Waals surface area contributed by atoms with Gasteiger partial charge in [0.15, 0.2) is 5.69 Å². The number of piperidine rings is 1. The summed E-state index contributed by atoms with van der Waals surface area (Å²) < 4.78 is 26.1. The highest BCUT2D eigenvalue weighted by Crippen LogP contribution is 2.29. The normalized spacial score (nSPS) is 22.6. The van der Waals surface area contributed by atoms with E-state index < -0.39 is 6.55 Å². The van der Waals surface area contributed by atoms with Crippen LogP contribution in [0.2, 0.25) is 0 Å². The molecule has 4 heterocycles. The molecule has 5 nitrogen and oxygen atoms in total. The van der Waals surface area contributed by atoms with Crippen molar-refractivity contribution < 1.29 is 13.6 Å². The second kappa shape index (κ2) is 8.39. The summed E-state index contributed by atoms with van der Waals surface area (Å²) >= 11 is 0. The molecule has 28 heavy (non-hydrogen) atoms. The summed E-state index contributed by atoms with van der Waals surface area (Å²) in [4.78, 5) is 17.2. The van der Waals surface area contributed by atoms with E-state index in [-0.39, 0.29) is 17.6 Å². The van der Waals surface area contributed by atoms with Crippen LogP contribution in [-0.2, 0) is 6.42 Å². The summed E-state index contributed by atoms with van der Waals surface area (Å²) in [5.41, 5.74) is 1.47. The Bertz CT molecular complexity index is 795. The lowest BCUT2D eigenvalue weighted by atomic mass is 9.95. The largest absolute Gasteiger partial charge is 0.333 e. The number of halogens is 2. The minimum absolute atomic E-state index is 0.114. The summed E-state index contributed by atoms with van der Waals surface area (Å²) in [5, 5.41) is 3.76. The number of carbonyl (C=O) groups is 1. The van der Waals surface area contributed by atoms with Gasteiger partial charge in [-0.15, -0.1) is 0 Å². The lowest BCUT2D eigenvalue weighted by Crippen LogP contribution is -2.47. The van der Waals surface area contributed by atoms with Gasteiger partial charge in [0, 0.05) is 31.9 Å². The van der Waals surface area contributed by atoms with E-state index in [4.69, 9.17) is 0 Å². The van der Waals surface area contributed by atoms with Crippen molar-refractivity contribution in [1.82, 2.24) is 19.6 Å². The van der Waals surface area contributed by atoms with Gasteiger partial charge in [0.05, 0.1) is 0 Å². The Balaban J connectivity index is 1.36. The van der Waals surface area contributed by atoms with Gasteiger partial charge in [-0.3, -0.25) is 4.79 Å². The minimum atomic E-state index is -2.72. The number of amides is 1. The molecule has 1 aromatic carbocycles. The zero-order valence-corrected chi connectivity index (χ0v) is 15.9. The number of carbonyl (C=O) groups excluding carboxylic acids is 1. The first-order valence-electron chi connectivity index (χ1n) is 10.0. The molecular formula is C21H26F2N4O. The molecule has 0 spiro atoms. The highest BCUT2D eigenvalue weighted by molar-refractivity contribution is 5.92. The Labute approximate surface area is 163 Å². The molecule has 150 valence electrons. The van der Waals surface area contributed by atoms with Crippen molar-refractivity contribution in [1.29, 1.82) is 0 Å². The maximum absolute atomic E-state index is 12.9. The summed E-state index contributed by atoms with van der Waals surface area (Å²) in [5.74, 6) is 0.219. The summed E-state index contributed by atoms with van der Waals surface area (Å²) in [6, 6.07) is 12.0. The van der Waals surface area contributed by atoms with Crippen molar-refractivity contribution in [3.63, 3.8) is 0 Å². The van der Waals surface area contributed by atoms with Crippen LogP contribution >= 0.6 is 0 Å². The Morgan fingerprint density at radius 2 is 1.93 bits per heavy atom. The quantitative estimate of drug-likeness (QED) is 0.761. The molecule has 3 fully saturated rings.